The van der Waals surface area contributed by atoms with E-state index in [1.54, 1.807) is 0 Å². The van der Waals surface area contributed by atoms with Gasteiger partial charge < -0.3 is 4.90 Å². The van der Waals surface area contributed by atoms with E-state index in [1.165, 1.54) is 22.3 Å². The number of nitrogens with zero attached hydrogens (tertiary/aromatic N) is 2. The van der Waals surface area contributed by atoms with Crippen LogP contribution in [0.4, 0.5) is 5.69 Å². The van der Waals surface area contributed by atoms with Crippen LogP contribution >= 0.6 is 11.6 Å². The minimum absolute atomic E-state index is 0.0452. The molecule has 3 nitrogen and oxygen atoms in total. The van der Waals surface area contributed by atoms with E-state index in [1.807, 2.05) is 29.2 Å². The van der Waals surface area contributed by atoms with Gasteiger partial charge in [-0.3, -0.25) is 9.69 Å². The Bertz CT molecular complexity index is 1230. The Labute approximate surface area is 221 Å². The number of aryl methyl sites for hydroxylation is 1. The van der Waals surface area contributed by atoms with E-state index >= 15 is 0 Å². The molecule has 3 aromatic rings. The summed E-state index contributed by atoms with van der Waals surface area (Å²) >= 11 is 6.04. The van der Waals surface area contributed by atoms with Crippen molar-refractivity contribution in [1.82, 2.24) is 4.90 Å². The molecule has 1 fully saturated rings. The Kier molecular flexibility index (Phi) is 6.74. The molecule has 0 atom stereocenters. The standard InChI is InChI=1S/C32H37ClN2O/c1-23-5-14-29-28(19-23)32(22-35(29)30(36)20-24-8-12-27(33)13-9-24)15-17-34(18-16-32)21-25-6-10-26(11-7-25)31(2,3)4/h5-14,19H,15-18,20-22H2,1-4H3. The Balaban J connectivity index is 1.30. The zero-order valence-electron chi connectivity index (χ0n) is 22.0. The third kappa shape index (κ3) is 5.10. The summed E-state index contributed by atoms with van der Waals surface area (Å²) < 4.78 is 0. The maximum atomic E-state index is 13.5. The van der Waals surface area contributed by atoms with Crippen LogP contribution in [0.2, 0.25) is 5.02 Å². The summed E-state index contributed by atoms with van der Waals surface area (Å²) in [7, 11) is 0. The van der Waals surface area contributed by atoms with Crippen LogP contribution in [0.1, 0.15) is 61.4 Å². The highest BCUT2D eigenvalue weighted by Crippen LogP contribution is 2.47. The van der Waals surface area contributed by atoms with Crippen molar-refractivity contribution >= 4 is 23.2 Å². The molecule has 0 aliphatic carbocycles. The van der Waals surface area contributed by atoms with Crippen LogP contribution in [0, 0.1) is 6.92 Å². The number of rotatable bonds is 4. The van der Waals surface area contributed by atoms with Crippen molar-refractivity contribution in [2.45, 2.75) is 64.3 Å². The molecule has 0 aromatic heterocycles. The molecular formula is C32H37ClN2O. The number of hydrogen-bond acceptors (Lipinski definition) is 2. The molecule has 1 amide bonds. The minimum atomic E-state index is 0.0452. The monoisotopic (exact) mass is 500 g/mol. The lowest BCUT2D eigenvalue weighted by Crippen LogP contribution is -2.46. The van der Waals surface area contributed by atoms with Gasteiger partial charge in [-0.05, 0) is 78.7 Å². The molecule has 5 rings (SSSR count). The molecule has 1 spiro atoms. The lowest BCUT2D eigenvalue weighted by Gasteiger charge is -2.40. The molecule has 2 aliphatic rings. The molecule has 188 valence electrons. The highest BCUT2D eigenvalue weighted by Gasteiger charge is 2.46. The van der Waals surface area contributed by atoms with Crippen LogP contribution < -0.4 is 4.90 Å². The molecule has 4 heteroatoms. The largest absolute Gasteiger partial charge is 0.311 e. The second-order valence-corrected chi connectivity index (χ2v) is 12.2. The fourth-order valence-electron chi connectivity index (χ4n) is 5.81. The molecular weight excluding hydrogens is 464 g/mol. The SMILES string of the molecule is Cc1ccc2c(c1)C1(CCN(Cc3ccc(C(C)(C)C)cc3)CC1)CN2C(=O)Cc1ccc(Cl)cc1. The number of hydrogen-bond donors (Lipinski definition) is 0. The molecule has 0 N–H and O–H groups in total. The van der Waals surface area contributed by atoms with Gasteiger partial charge in [-0.15, -0.1) is 0 Å². The maximum absolute atomic E-state index is 13.5. The molecule has 0 unspecified atom stereocenters. The van der Waals surface area contributed by atoms with Gasteiger partial charge in [0, 0.05) is 29.2 Å². The van der Waals surface area contributed by atoms with Gasteiger partial charge in [-0.1, -0.05) is 86.5 Å². The van der Waals surface area contributed by atoms with E-state index in [9.17, 15) is 4.79 Å². The fourth-order valence-corrected chi connectivity index (χ4v) is 5.94. The summed E-state index contributed by atoms with van der Waals surface area (Å²) in [6.07, 6.45) is 2.56. The van der Waals surface area contributed by atoms with Crippen molar-refractivity contribution in [2.24, 2.45) is 0 Å². The molecule has 0 bridgehead atoms. The number of likely N-dealkylation sites (tertiary alicyclic amines) is 1. The Morgan fingerprint density at radius 3 is 2.19 bits per heavy atom. The molecule has 2 aliphatic heterocycles. The summed E-state index contributed by atoms with van der Waals surface area (Å²) in [4.78, 5) is 18.1. The Morgan fingerprint density at radius 2 is 1.56 bits per heavy atom. The summed E-state index contributed by atoms with van der Waals surface area (Å²) in [5, 5.41) is 0.698. The average molecular weight is 501 g/mol. The van der Waals surface area contributed by atoms with Gasteiger partial charge in [0.2, 0.25) is 5.91 Å². The molecule has 0 saturated carbocycles. The van der Waals surface area contributed by atoms with Gasteiger partial charge in [0.25, 0.3) is 0 Å². The number of carbonyl (C=O) groups is 1. The Morgan fingerprint density at radius 1 is 0.917 bits per heavy atom. The number of fused-ring (bicyclic) bond motifs is 2. The first-order valence-corrected chi connectivity index (χ1v) is 13.5. The fraction of sp³-hybridized carbons (Fsp3) is 0.406. The Hall–Kier alpha value is -2.62. The quantitative estimate of drug-likeness (QED) is 0.382. The first kappa shape index (κ1) is 25.0. The number of benzene rings is 3. The predicted octanol–water partition coefficient (Wildman–Crippen LogP) is 7.07. The third-order valence-corrected chi connectivity index (χ3v) is 8.34. The van der Waals surface area contributed by atoms with Gasteiger partial charge in [-0.25, -0.2) is 0 Å². The van der Waals surface area contributed by atoms with Crippen molar-refractivity contribution in [1.29, 1.82) is 0 Å². The number of halogens is 1. The highest BCUT2D eigenvalue weighted by molar-refractivity contribution is 6.30. The predicted molar refractivity (Wildman–Crippen MR) is 150 cm³/mol. The number of anilines is 1. The van der Waals surface area contributed by atoms with E-state index in [0.29, 0.717) is 11.4 Å². The topological polar surface area (TPSA) is 23.6 Å². The van der Waals surface area contributed by atoms with E-state index in [2.05, 4.69) is 75.1 Å². The third-order valence-electron chi connectivity index (χ3n) is 8.08. The number of piperidine rings is 1. The molecule has 2 heterocycles. The van der Waals surface area contributed by atoms with Crippen LogP contribution in [0.3, 0.4) is 0 Å². The van der Waals surface area contributed by atoms with Gasteiger partial charge in [-0.2, -0.15) is 0 Å². The first-order valence-electron chi connectivity index (χ1n) is 13.1. The number of amides is 1. The van der Waals surface area contributed by atoms with Crippen molar-refractivity contribution in [2.75, 3.05) is 24.5 Å². The van der Waals surface area contributed by atoms with Gasteiger partial charge in [0.15, 0.2) is 0 Å². The van der Waals surface area contributed by atoms with Gasteiger partial charge in [0.05, 0.1) is 6.42 Å². The second kappa shape index (κ2) is 9.68. The lowest BCUT2D eigenvalue weighted by molar-refractivity contribution is -0.118. The molecule has 36 heavy (non-hydrogen) atoms. The van der Waals surface area contributed by atoms with Crippen LogP contribution in [0.25, 0.3) is 0 Å². The van der Waals surface area contributed by atoms with Crippen molar-refractivity contribution in [3.05, 3.63) is 99.6 Å². The van der Waals surface area contributed by atoms with Gasteiger partial charge in [0.1, 0.15) is 0 Å². The smallest absolute Gasteiger partial charge is 0.231 e. The summed E-state index contributed by atoms with van der Waals surface area (Å²) in [6.45, 7) is 12.8. The molecule has 1 saturated heterocycles. The van der Waals surface area contributed by atoms with Crippen LogP contribution in [0.5, 0.6) is 0 Å². The summed E-state index contributed by atoms with van der Waals surface area (Å²) in [5.74, 6) is 0.167. The van der Waals surface area contributed by atoms with Crippen molar-refractivity contribution in [3.8, 4) is 0 Å². The van der Waals surface area contributed by atoms with E-state index in [-0.39, 0.29) is 16.7 Å². The zero-order valence-corrected chi connectivity index (χ0v) is 22.7. The minimum Gasteiger partial charge on any atom is -0.311 e. The number of carbonyl (C=O) groups excluding carboxylic acids is 1. The van der Waals surface area contributed by atoms with E-state index in [4.69, 9.17) is 11.6 Å². The lowest BCUT2D eigenvalue weighted by atomic mass is 9.74. The second-order valence-electron chi connectivity index (χ2n) is 11.8. The maximum Gasteiger partial charge on any atom is 0.231 e. The molecule has 0 radical (unpaired) electrons. The molecule has 3 aromatic carbocycles. The first-order chi connectivity index (χ1) is 17.1. The van der Waals surface area contributed by atoms with Crippen LogP contribution in [-0.4, -0.2) is 30.4 Å². The average Bonchev–Trinajstić information content (AvgIpc) is 3.15. The van der Waals surface area contributed by atoms with Crippen molar-refractivity contribution < 1.29 is 4.79 Å². The van der Waals surface area contributed by atoms with E-state index in [0.717, 1.165) is 50.3 Å². The summed E-state index contributed by atoms with van der Waals surface area (Å²) in [6, 6.07) is 23.4. The zero-order chi connectivity index (χ0) is 25.5. The van der Waals surface area contributed by atoms with Crippen LogP contribution in [0.15, 0.2) is 66.7 Å². The summed E-state index contributed by atoms with van der Waals surface area (Å²) in [5.41, 5.74) is 7.72. The van der Waals surface area contributed by atoms with Gasteiger partial charge >= 0.3 is 0 Å². The van der Waals surface area contributed by atoms with Crippen molar-refractivity contribution in [3.63, 3.8) is 0 Å². The van der Waals surface area contributed by atoms with E-state index < -0.39 is 0 Å². The highest BCUT2D eigenvalue weighted by atomic mass is 35.5. The normalized spacial score (nSPS) is 17.4. The van der Waals surface area contributed by atoms with Crippen LogP contribution in [-0.2, 0) is 28.6 Å².